The molecule has 19 heavy (non-hydrogen) atoms. The lowest BCUT2D eigenvalue weighted by molar-refractivity contribution is -0.114. The SMILES string of the molecule is CC(=O)Nc1ccc(C(=O)Oc2cccc(Cl)c2)s1. The van der Waals surface area contributed by atoms with Crippen LogP contribution in [-0.4, -0.2) is 11.9 Å². The molecule has 0 radical (unpaired) electrons. The number of carbonyl (C=O) groups excluding carboxylic acids is 2. The van der Waals surface area contributed by atoms with Gasteiger partial charge in [0.25, 0.3) is 0 Å². The molecule has 0 aliphatic carbocycles. The third-order valence-electron chi connectivity index (χ3n) is 2.11. The summed E-state index contributed by atoms with van der Waals surface area (Å²) in [7, 11) is 0. The molecule has 1 aromatic heterocycles. The van der Waals surface area contributed by atoms with Gasteiger partial charge in [-0.3, -0.25) is 4.79 Å². The van der Waals surface area contributed by atoms with E-state index in [9.17, 15) is 9.59 Å². The number of rotatable bonds is 3. The van der Waals surface area contributed by atoms with Crippen molar-refractivity contribution in [2.45, 2.75) is 6.92 Å². The Morgan fingerprint density at radius 1 is 1.26 bits per heavy atom. The highest BCUT2D eigenvalue weighted by atomic mass is 35.5. The molecule has 0 aliphatic heterocycles. The normalized spacial score (nSPS) is 10.0. The second-order valence-corrected chi connectivity index (χ2v) is 5.21. The Kier molecular flexibility index (Phi) is 4.19. The third-order valence-corrected chi connectivity index (χ3v) is 3.33. The minimum Gasteiger partial charge on any atom is -0.422 e. The quantitative estimate of drug-likeness (QED) is 0.695. The summed E-state index contributed by atoms with van der Waals surface area (Å²) in [5, 5.41) is 3.70. The molecule has 4 nitrogen and oxygen atoms in total. The van der Waals surface area contributed by atoms with Crippen LogP contribution in [-0.2, 0) is 4.79 Å². The van der Waals surface area contributed by atoms with Gasteiger partial charge in [0.15, 0.2) is 0 Å². The first kappa shape index (κ1) is 13.6. The Hall–Kier alpha value is -1.85. The van der Waals surface area contributed by atoms with Gasteiger partial charge >= 0.3 is 5.97 Å². The van der Waals surface area contributed by atoms with E-state index in [-0.39, 0.29) is 5.91 Å². The van der Waals surface area contributed by atoms with Gasteiger partial charge in [-0.1, -0.05) is 17.7 Å². The highest BCUT2D eigenvalue weighted by molar-refractivity contribution is 7.18. The van der Waals surface area contributed by atoms with Crippen LogP contribution in [0.3, 0.4) is 0 Å². The molecule has 1 amide bonds. The van der Waals surface area contributed by atoms with Crippen molar-refractivity contribution in [3.63, 3.8) is 0 Å². The molecule has 98 valence electrons. The van der Waals surface area contributed by atoms with Crippen LogP contribution < -0.4 is 10.1 Å². The molecular weight excluding hydrogens is 286 g/mol. The smallest absolute Gasteiger partial charge is 0.353 e. The maximum Gasteiger partial charge on any atom is 0.353 e. The lowest BCUT2D eigenvalue weighted by Crippen LogP contribution is -2.06. The first-order valence-corrected chi connectivity index (χ1v) is 6.59. The Balaban J connectivity index is 2.07. The second-order valence-electron chi connectivity index (χ2n) is 3.69. The van der Waals surface area contributed by atoms with Crippen LogP contribution >= 0.6 is 22.9 Å². The van der Waals surface area contributed by atoms with Crippen molar-refractivity contribution < 1.29 is 14.3 Å². The zero-order chi connectivity index (χ0) is 13.8. The fourth-order valence-electron chi connectivity index (χ4n) is 1.38. The van der Waals surface area contributed by atoms with E-state index >= 15 is 0 Å². The Bertz CT molecular complexity index is 624. The van der Waals surface area contributed by atoms with Gasteiger partial charge in [0, 0.05) is 11.9 Å². The molecular formula is C13H10ClNO3S. The molecule has 0 unspecified atom stereocenters. The molecule has 0 atom stereocenters. The molecule has 2 rings (SSSR count). The molecule has 0 spiro atoms. The third kappa shape index (κ3) is 3.81. The molecule has 1 heterocycles. The van der Waals surface area contributed by atoms with Crippen molar-refractivity contribution in [1.82, 2.24) is 0 Å². The Labute approximate surface area is 119 Å². The maximum atomic E-state index is 11.9. The molecule has 0 bridgehead atoms. The van der Waals surface area contributed by atoms with E-state index in [2.05, 4.69) is 5.32 Å². The summed E-state index contributed by atoms with van der Waals surface area (Å²) >= 11 is 6.95. The van der Waals surface area contributed by atoms with Crippen molar-refractivity contribution in [1.29, 1.82) is 0 Å². The minimum atomic E-state index is -0.483. The predicted octanol–water partition coefficient (Wildman–Crippen LogP) is 3.58. The van der Waals surface area contributed by atoms with Crippen molar-refractivity contribution >= 4 is 39.8 Å². The van der Waals surface area contributed by atoms with Crippen molar-refractivity contribution in [3.05, 3.63) is 46.3 Å². The average Bonchev–Trinajstić information content (AvgIpc) is 2.76. The number of anilines is 1. The van der Waals surface area contributed by atoms with E-state index in [0.29, 0.717) is 20.7 Å². The fraction of sp³-hybridized carbons (Fsp3) is 0.0769. The first-order valence-electron chi connectivity index (χ1n) is 5.40. The molecule has 2 aromatic rings. The topological polar surface area (TPSA) is 55.4 Å². The maximum absolute atomic E-state index is 11.9. The van der Waals surface area contributed by atoms with E-state index < -0.39 is 5.97 Å². The summed E-state index contributed by atoms with van der Waals surface area (Å²) in [6, 6.07) is 9.85. The molecule has 0 fully saturated rings. The molecule has 1 aromatic carbocycles. The van der Waals surface area contributed by atoms with Gasteiger partial charge < -0.3 is 10.1 Å². The number of hydrogen-bond donors (Lipinski definition) is 1. The van der Waals surface area contributed by atoms with Crippen LogP contribution in [0.15, 0.2) is 36.4 Å². The number of carbonyl (C=O) groups is 2. The zero-order valence-corrected chi connectivity index (χ0v) is 11.5. The number of thiophene rings is 1. The van der Waals surface area contributed by atoms with Gasteiger partial charge in [-0.05, 0) is 30.3 Å². The van der Waals surface area contributed by atoms with E-state index in [0.717, 1.165) is 11.3 Å². The van der Waals surface area contributed by atoms with Gasteiger partial charge in [-0.2, -0.15) is 0 Å². The summed E-state index contributed by atoms with van der Waals surface area (Å²) < 4.78 is 5.17. The number of nitrogens with one attached hydrogen (secondary N) is 1. The van der Waals surface area contributed by atoms with Crippen LogP contribution in [0.4, 0.5) is 5.00 Å². The van der Waals surface area contributed by atoms with Crippen molar-refractivity contribution in [3.8, 4) is 5.75 Å². The highest BCUT2D eigenvalue weighted by Gasteiger charge is 2.12. The molecule has 6 heteroatoms. The number of ether oxygens (including phenoxy) is 1. The zero-order valence-electron chi connectivity index (χ0n) is 9.98. The lowest BCUT2D eigenvalue weighted by atomic mass is 10.3. The highest BCUT2D eigenvalue weighted by Crippen LogP contribution is 2.24. The second kappa shape index (κ2) is 5.86. The van der Waals surface area contributed by atoms with Gasteiger partial charge in [-0.15, -0.1) is 11.3 Å². The van der Waals surface area contributed by atoms with E-state index in [1.807, 2.05) is 0 Å². The number of esters is 1. The van der Waals surface area contributed by atoms with E-state index in [4.69, 9.17) is 16.3 Å². The largest absolute Gasteiger partial charge is 0.422 e. The molecule has 1 N–H and O–H groups in total. The monoisotopic (exact) mass is 295 g/mol. The summed E-state index contributed by atoms with van der Waals surface area (Å²) in [5.74, 6) is -0.285. The number of amides is 1. The molecule has 0 saturated carbocycles. The number of benzene rings is 1. The first-order chi connectivity index (χ1) is 9.04. The summed E-state index contributed by atoms with van der Waals surface area (Å²) in [4.78, 5) is 23.1. The average molecular weight is 296 g/mol. The number of halogens is 1. The van der Waals surface area contributed by atoms with Crippen LogP contribution in [0.25, 0.3) is 0 Å². The predicted molar refractivity (Wildman–Crippen MR) is 75.0 cm³/mol. The fourth-order valence-corrected chi connectivity index (χ4v) is 2.39. The van der Waals surface area contributed by atoms with E-state index in [1.54, 1.807) is 36.4 Å². The summed E-state index contributed by atoms with van der Waals surface area (Å²) in [6.45, 7) is 1.41. The van der Waals surface area contributed by atoms with Crippen LogP contribution in [0.5, 0.6) is 5.75 Å². The van der Waals surface area contributed by atoms with Crippen LogP contribution in [0.2, 0.25) is 5.02 Å². The lowest BCUT2D eigenvalue weighted by Gasteiger charge is -2.02. The van der Waals surface area contributed by atoms with Crippen LogP contribution in [0, 0.1) is 0 Å². The van der Waals surface area contributed by atoms with Crippen LogP contribution in [0.1, 0.15) is 16.6 Å². The van der Waals surface area contributed by atoms with E-state index in [1.165, 1.54) is 6.92 Å². The van der Waals surface area contributed by atoms with Gasteiger partial charge in [-0.25, -0.2) is 4.79 Å². The van der Waals surface area contributed by atoms with Crippen molar-refractivity contribution in [2.24, 2.45) is 0 Å². The van der Waals surface area contributed by atoms with Gasteiger partial charge in [0.1, 0.15) is 10.6 Å². The van der Waals surface area contributed by atoms with Gasteiger partial charge in [0.2, 0.25) is 5.91 Å². The van der Waals surface area contributed by atoms with Crippen molar-refractivity contribution in [2.75, 3.05) is 5.32 Å². The molecule has 0 saturated heterocycles. The summed E-state index contributed by atoms with van der Waals surface area (Å²) in [5.41, 5.74) is 0. The van der Waals surface area contributed by atoms with Gasteiger partial charge in [0.05, 0.1) is 5.00 Å². The summed E-state index contributed by atoms with van der Waals surface area (Å²) in [6.07, 6.45) is 0. The number of hydrogen-bond acceptors (Lipinski definition) is 4. The Morgan fingerprint density at radius 3 is 2.74 bits per heavy atom. The Morgan fingerprint density at radius 2 is 2.05 bits per heavy atom. The standard InChI is InChI=1S/C13H10ClNO3S/c1-8(16)15-12-6-5-11(19-12)13(17)18-10-4-2-3-9(14)7-10/h2-7H,1H3,(H,15,16). The molecule has 0 aliphatic rings. The minimum absolute atomic E-state index is 0.184.